The van der Waals surface area contributed by atoms with E-state index in [-0.39, 0.29) is 5.03 Å². The third-order valence-corrected chi connectivity index (χ3v) is 3.12. The molecule has 0 atom stereocenters. The highest BCUT2D eigenvalue weighted by molar-refractivity contribution is 7.89. The molecule has 2 aromatic heterocycles. The van der Waals surface area contributed by atoms with Gasteiger partial charge in [-0.25, -0.2) is 13.6 Å². The highest BCUT2D eigenvalue weighted by Crippen LogP contribution is 2.23. The molecule has 16 heavy (non-hydrogen) atoms. The molecule has 7 heteroatoms. The van der Waals surface area contributed by atoms with E-state index in [1.807, 2.05) is 0 Å². The van der Waals surface area contributed by atoms with E-state index in [4.69, 9.17) is 5.14 Å². The number of nitrogens with two attached hydrogens (primary N) is 1. The van der Waals surface area contributed by atoms with Crippen molar-refractivity contribution in [3.8, 4) is 11.3 Å². The monoisotopic (exact) mass is 238 g/mol. The van der Waals surface area contributed by atoms with E-state index in [1.54, 1.807) is 24.4 Å². The second kappa shape index (κ2) is 3.69. The van der Waals surface area contributed by atoms with E-state index in [9.17, 15) is 8.42 Å². The summed E-state index contributed by atoms with van der Waals surface area (Å²) < 4.78 is 24.0. The topological polar surface area (TPSA) is 90.9 Å². The number of nitrogens with zero attached hydrogens (tertiary/aromatic N) is 3. The maximum Gasteiger partial charge on any atom is 0.255 e. The number of sulfonamides is 1. The van der Waals surface area contributed by atoms with Crippen LogP contribution in [0.2, 0.25) is 0 Å². The van der Waals surface area contributed by atoms with Crippen LogP contribution in [0.25, 0.3) is 11.3 Å². The first-order chi connectivity index (χ1) is 7.50. The molecule has 0 amide bonds. The summed E-state index contributed by atoms with van der Waals surface area (Å²) >= 11 is 0. The molecule has 0 saturated heterocycles. The number of aromatic nitrogens is 3. The fourth-order valence-electron chi connectivity index (χ4n) is 1.46. The van der Waals surface area contributed by atoms with Gasteiger partial charge in [-0.1, -0.05) is 6.07 Å². The number of pyridine rings is 1. The van der Waals surface area contributed by atoms with E-state index >= 15 is 0 Å². The van der Waals surface area contributed by atoms with E-state index in [2.05, 4.69) is 10.1 Å². The van der Waals surface area contributed by atoms with Gasteiger partial charge in [-0.05, 0) is 12.1 Å². The quantitative estimate of drug-likeness (QED) is 0.805. The summed E-state index contributed by atoms with van der Waals surface area (Å²) in [6, 6.07) is 5.21. The van der Waals surface area contributed by atoms with Crippen molar-refractivity contribution in [2.75, 3.05) is 0 Å². The molecule has 2 aromatic rings. The van der Waals surface area contributed by atoms with Crippen molar-refractivity contribution in [3.05, 3.63) is 30.6 Å². The fourth-order valence-corrected chi connectivity index (χ4v) is 2.34. The summed E-state index contributed by atoms with van der Waals surface area (Å²) in [5.74, 6) is 0. The standard InChI is InChI=1S/C9H10N4O2S/c1-13-9(16(10,14)15)7(6-12-13)8-4-2-3-5-11-8/h2-6H,1H3,(H2,10,14,15). The molecule has 0 unspecified atom stereocenters. The molecule has 0 aliphatic rings. The zero-order valence-electron chi connectivity index (χ0n) is 8.53. The molecule has 0 spiro atoms. The van der Waals surface area contributed by atoms with Gasteiger partial charge in [0.15, 0.2) is 5.03 Å². The van der Waals surface area contributed by atoms with Crippen molar-refractivity contribution >= 4 is 10.0 Å². The summed E-state index contributed by atoms with van der Waals surface area (Å²) in [6.45, 7) is 0. The Hall–Kier alpha value is -1.73. The minimum absolute atomic E-state index is 0.0359. The van der Waals surface area contributed by atoms with E-state index in [0.29, 0.717) is 11.3 Å². The van der Waals surface area contributed by atoms with Crippen molar-refractivity contribution in [2.45, 2.75) is 5.03 Å². The molecule has 0 fully saturated rings. The highest BCUT2D eigenvalue weighted by atomic mass is 32.2. The number of hydrogen-bond acceptors (Lipinski definition) is 4. The van der Waals surface area contributed by atoms with Crippen LogP contribution in [0.15, 0.2) is 35.6 Å². The second-order valence-electron chi connectivity index (χ2n) is 3.25. The molecule has 0 aromatic carbocycles. The van der Waals surface area contributed by atoms with Gasteiger partial charge in [-0.3, -0.25) is 9.67 Å². The van der Waals surface area contributed by atoms with Gasteiger partial charge >= 0.3 is 0 Å². The summed E-state index contributed by atoms with van der Waals surface area (Å²) in [6.07, 6.45) is 3.01. The molecule has 0 saturated carbocycles. The van der Waals surface area contributed by atoms with Gasteiger partial charge in [0.2, 0.25) is 0 Å². The lowest BCUT2D eigenvalue weighted by molar-refractivity contribution is 0.579. The first-order valence-electron chi connectivity index (χ1n) is 4.46. The molecule has 0 radical (unpaired) electrons. The van der Waals surface area contributed by atoms with Crippen molar-refractivity contribution in [1.82, 2.24) is 14.8 Å². The Morgan fingerprint density at radius 3 is 2.69 bits per heavy atom. The molecule has 2 heterocycles. The number of rotatable bonds is 2. The lowest BCUT2D eigenvalue weighted by Gasteiger charge is -2.02. The molecule has 0 aliphatic carbocycles. The molecule has 2 rings (SSSR count). The Kier molecular flexibility index (Phi) is 2.49. The third-order valence-electron chi connectivity index (χ3n) is 2.09. The van der Waals surface area contributed by atoms with Crippen LogP contribution in [-0.4, -0.2) is 23.2 Å². The van der Waals surface area contributed by atoms with Crippen LogP contribution in [-0.2, 0) is 17.1 Å². The van der Waals surface area contributed by atoms with Crippen LogP contribution in [0, 0.1) is 0 Å². The van der Waals surface area contributed by atoms with Gasteiger partial charge in [0, 0.05) is 13.2 Å². The summed E-state index contributed by atoms with van der Waals surface area (Å²) in [5.41, 5.74) is 0.935. The number of primary sulfonamides is 1. The molecule has 0 aliphatic heterocycles. The Morgan fingerprint density at radius 1 is 1.38 bits per heavy atom. The van der Waals surface area contributed by atoms with Gasteiger partial charge in [-0.2, -0.15) is 5.10 Å². The number of hydrogen-bond donors (Lipinski definition) is 1. The molecule has 2 N–H and O–H groups in total. The Labute approximate surface area is 92.8 Å². The Morgan fingerprint density at radius 2 is 2.12 bits per heavy atom. The van der Waals surface area contributed by atoms with E-state index in [0.717, 1.165) is 0 Å². The third kappa shape index (κ3) is 1.82. The van der Waals surface area contributed by atoms with Crippen molar-refractivity contribution in [1.29, 1.82) is 0 Å². The van der Waals surface area contributed by atoms with Gasteiger partial charge in [0.1, 0.15) is 0 Å². The summed E-state index contributed by atoms with van der Waals surface area (Å²) in [4.78, 5) is 4.06. The van der Waals surface area contributed by atoms with Crippen molar-refractivity contribution in [2.24, 2.45) is 12.2 Å². The summed E-state index contributed by atoms with van der Waals surface area (Å²) in [5, 5.41) is 8.96. The minimum atomic E-state index is -3.81. The van der Waals surface area contributed by atoms with E-state index in [1.165, 1.54) is 17.9 Å². The summed E-state index contributed by atoms with van der Waals surface area (Å²) in [7, 11) is -2.29. The second-order valence-corrected chi connectivity index (χ2v) is 4.72. The zero-order valence-corrected chi connectivity index (χ0v) is 9.35. The largest absolute Gasteiger partial charge is 0.256 e. The lowest BCUT2D eigenvalue weighted by Crippen LogP contribution is -2.17. The Balaban J connectivity index is 2.69. The van der Waals surface area contributed by atoms with Gasteiger partial charge < -0.3 is 0 Å². The van der Waals surface area contributed by atoms with Crippen LogP contribution in [0.4, 0.5) is 0 Å². The SMILES string of the molecule is Cn1ncc(-c2ccccn2)c1S(N)(=O)=O. The van der Waals surface area contributed by atoms with E-state index < -0.39 is 10.0 Å². The smallest absolute Gasteiger partial charge is 0.255 e. The lowest BCUT2D eigenvalue weighted by atomic mass is 10.2. The molecule has 84 valence electrons. The molecular weight excluding hydrogens is 228 g/mol. The predicted molar refractivity (Wildman–Crippen MR) is 57.8 cm³/mol. The predicted octanol–water partition coefficient (Wildman–Crippen LogP) is 0.130. The van der Waals surface area contributed by atoms with Gasteiger partial charge in [-0.15, -0.1) is 0 Å². The maximum atomic E-state index is 11.4. The highest BCUT2D eigenvalue weighted by Gasteiger charge is 2.20. The Bertz CT molecular complexity index is 604. The molecule has 0 bridgehead atoms. The van der Waals surface area contributed by atoms with Crippen molar-refractivity contribution in [3.63, 3.8) is 0 Å². The fraction of sp³-hybridized carbons (Fsp3) is 0.111. The van der Waals surface area contributed by atoms with Gasteiger partial charge in [0.25, 0.3) is 10.0 Å². The average Bonchev–Trinajstić information content (AvgIpc) is 2.61. The zero-order chi connectivity index (χ0) is 11.8. The minimum Gasteiger partial charge on any atom is -0.256 e. The van der Waals surface area contributed by atoms with Crippen molar-refractivity contribution < 1.29 is 8.42 Å². The normalized spacial score (nSPS) is 11.6. The first kappa shape index (κ1) is 10.8. The van der Waals surface area contributed by atoms with Gasteiger partial charge in [0.05, 0.1) is 17.5 Å². The molecular formula is C9H10N4O2S. The number of aryl methyl sites for hydroxylation is 1. The molecule has 6 nitrogen and oxygen atoms in total. The van der Waals surface area contributed by atoms with Crippen LogP contribution in [0.1, 0.15) is 0 Å². The van der Waals surface area contributed by atoms with Crippen LogP contribution in [0.3, 0.4) is 0 Å². The average molecular weight is 238 g/mol. The van der Waals surface area contributed by atoms with Crippen LogP contribution < -0.4 is 5.14 Å². The van der Waals surface area contributed by atoms with Crippen LogP contribution >= 0.6 is 0 Å². The van der Waals surface area contributed by atoms with Crippen LogP contribution in [0.5, 0.6) is 0 Å². The first-order valence-corrected chi connectivity index (χ1v) is 6.01. The maximum absolute atomic E-state index is 11.4.